The number of hydrogen-bond donors (Lipinski definition) is 3. The fourth-order valence-corrected chi connectivity index (χ4v) is 8.52. The van der Waals surface area contributed by atoms with Gasteiger partial charge < -0.3 is 21.3 Å². The molecule has 3 fully saturated rings. The largest absolute Gasteiger partial charge is 0.402 e. The molecule has 0 unspecified atom stereocenters. The number of nitrogens with one attached hydrogen (secondary N) is 2. The van der Waals surface area contributed by atoms with E-state index in [9.17, 15) is 8.78 Å². The van der Waals surface area contributed by atoms with E-state index in [1.54, 1.807) is 16.9 Å². The summed E-state index contributed by atoms with van der Waals surface area (Å²) in [7, 11) is 1.81. The number of rotatable bonds is 5. The topological polar surface area (TPSA) is 83.5 Å². The summed E-state index contributed by atoms with van der Waals surface area (Å²) in [6.45, 7) is 4.72. The molecule has 7 rings (SSSR count). The average molecular weight is 592 g/mol. The van der Waals surface area contributed by atoms with Crippen LogP contribution in [0.5, 0.6) is 0 Å². The molecule has 2 aliphatic carbocycles. The first-order chi connectivity index (χ1) is 20.9. The predicted octanol–water partition coefficient (Wildman–Crippen LogP) is 5.72. The normalized spacial score (nSPS) is 26.6. The van der Waals surface area contributed by atoms with E-state index in [0.717, 1.165) is 90.9 Å². The molecular formula is C34H47F2N7. The summed E-state index contributed by atoms with van der Waals surface area (Å²) in [6.07, 6.45) is 13.7. The minimum absolute atomic E-state index is 0.0502. The van der Waals surface area contributed by atoms with E-state index >= 15 is 0 Å². The summed E-state index contributed by atoms with van der Waals surface area (Å²) in [5.41, 5.74) is 12.5. The Labute approximate surface area is 254 Å². The molecule has 4 heterocycles. The molecular weight excluding hydrogens is 544 g/mol. The molecule has 0 amide bonds. The van der Waals surface area contributed by atoms with Crippen molar-refractivity contribution < 1.29 is 8.78 Å². The highest BCUT2D eigenvalue weighted by Gasteiger charge is 2.42. The minimum atomic E-state index is -2.59. The first-order valence-electron chi connectivity index (χ1n) is 16.6. The Morgan fingerprint density at radius 2 is 1.81 bits per heavy atom. The highest BCUT2D eigenvalue weighted by atomic mass is 19.3. The van der Waals surface area contributed by atoms with Crippen LogP contribution in [0.15, 0.2) is 40.8 Å². The van der Waals surface area contributed by atoms with Crippen LogP contribution in [0.25, 0.3) is 11.1 Å². The van der Waals surface area contributed by atoms with Crippen molar-refractivity contribution in [2.45, 2.75) is 83.1 Å². The van der Waals surface area contributed by atoms with Crippen LogP contribution in [0.2, 0.25) is 0 Å². The second kappa shape index (κ2) is 12.0. The number of amidine groups is 1. The van der Waals surface area contributed by atoms with E-state index in [0.29, 0.717) is 17.5 Å². The number of fused-ring (bicyclic) bond motifs is 1. The van der Waals surface area contributed by atoms with Gasteiger partial charge in [0.15, 0.2) is 0 Å². The van der Waals surface area contributed by atoms with Crippen molar-refractivity contribution in [3.05, 3.63) is 46.9 Å². The van der Waals surface area contributed by atoms with Gasteiger partial charge in [-0.05, 0) is 111 Å². The predicted molar refractivity (Wildman–Crippen MR) is 168 cm³/mol. The van der Waals surface area contributed by atoms with E-state index < -0.39 is 6.43 Å². The van der Waals surface area contributed by atoms with Gasteiger partial charge in [0.25, 0.3) is 6.43 Å². The first kappa shape index (κ1) is 29.0. The van der Waals surface area contributed by atoms with Crippen molar-refractivity contribution in [2.75, 3.05) is 37.6 Å². The van der Waals surface area contributed by atoms with Gasteiger partial charge in [0, 0.05) is 74.1 Å². The Balaban J connectivity index is 1.16. The number of anilines is 1. The number of benzene rings is 1. The van der Waals surface area contributed by atoms with Crippen LogP contribution >= 0.6 is 0 Å². The van der Waals surface area contributed by atoms with E-state index in [-0.39, 0.29) is 11.6 Å². The van der Waals surface area contributed by atoms with Crippen molar-refractivity contribution in [3.8, 4) is 11.1 Å². The lowest BCUT2D eigenvalue weighted by atomic mass is 9.63. The molecule has 2 aromatic rings. The Bertz CT molecular complexity index is 1370. The molecule has 1 aromatic carbocycles. The lowest BCUT2D eigenvalue weighted by Crippen LogP contribution is -2.55. The van der Waals surface area contributed by atoms with Crippen LogP contribution in [0.4, 0.5) is 14.5 Å². The number of aromatic nitrogens is 2. The van der Waals surface area contributed by atoms with Crippen molar-refractivity contribution in [1.82, 2.24) is 20.4 Å². The number of hydrogen-bond acceptors (Lipinski definition) is 5. The molecule has 5 aliphatic rings. The number of nitrogens with zero attached hydrogens (tertiary/aromatic N) is 4. The van der Waals surface area contributed by atoms with Gasteiger partial charge in [0.05, 0.1) is 12.2 Å². The summed E-state index contributed by atoms with van der Waals surface area (Å²) in [4.78, 5) is 7.69. The van der Waals surface area contributed by atoms with Crippen LogP contribution in [-0.2, 0) is 13.5 Å². The Hall–Kier alpha value is -2.78. The Kier molecular flexibility index (Phi) is 8.05. The van der Waals surface area contributed by atoms with Crippen molar-refractivity contribution in [2.24, 2.45) is 35.0 Å². The standard InChI is InChI=1S/C34H47F2N7/c1-42-19-25(17-40-42)27-15-24-3-2-14-43(31(24)16-28(27)32(35)36)33(29-18-38-13-10-30(29)37)41-26-6-4-22(5-7-26)23-8-11-34(12-9-23)20-39-21-34/h15-17,19,22-23,26,32,38-39H,2-14,18,20-21,37H2,1H3. The average Bonchev–Trinajstić information content (AvgIpc) is 3.45. The van der Waals surface area contributed by atoms with Gasteiger partial charge in [-0.1, -0.05) is 0 Å². The van der Waals surface area contributed by atoms with Crippen molar-refractivity contribution in [3.63, 3.8) is 0 Å². The molecule has 2 saturated carbocycles. The van der Waals surface area contributed by atoms with Gasteiger partial charge >= 0.3 is 0 Å². The van der Waals surface area contributed by atoms with E-state index in [4.69, 9.17) is 10.7 Å². The molecule has 1 aromatic heterocycles. The summed E-state index contributed by atoms with van der Waals surface area (Å²) in [5.74, 6) is 2.59. The lowest BCUT2D eigenvalue weighted by Gasteiger charge is -2.49. The van der Waals surface area contributed by atoms with Gasteiger partial charge in [0.1, 0.15) is 5.84 Å². The number of nitrogens with two attached hydrogens (primary N) is 1. The maximum Gasteiger partial charge on any atom is 0.264 e. The second-order valence-electron chi connectivity index (χ2n) is 13.9. The lowest BCUT2D eigenvalue weighted by molar-refractivity contribution is 0.0549. The minimum Gasteiger partial charge on any atom is -0.402 e. The van der Waals surface area contributed by atoms with Gasteiger partial charge in [-0.2, -0.15) is 5.10 Å². The molecule has 43 heavy (non-hydrogen) atoms. The van der Waals surface area contributed by atoms with Gasteiger partial charge in [-0.3, -0.25) is 9.67 Å². The smallest absolute Gasteiger partial charge is 0.264 e. The number of aryl methyl sites for hydroxylation is 2. The number of halogens is 2. The summed E-state index contributed by atoms with van der Waals surface area (Å²) < 4.78 is 30.8. The van der Waals surface area contributed by atoms with Crippen molar-refractivity contribution >= 4 is 11.5 Å². The van der Waals surface area contributed by atoms with Crippen LogP contribution in [0.1, 0.15) is 81.8 Å². The SMILES string of the molecule is Cn1cc(-c2cc3c(cc2C(F)F)N(C(=NC2CCC(C4CCC5(CC4)CNC5)CC2)C2=C(N)CCNC2)CCC3)cn1. The molecule has 0 radical (unpaired) electrons. The zero-order valence-electron chi connectivity index (χ0n) is 25.6. The van der Waals surface area contributed by atoms with Gasteiger partial charge in [0.2, 0.25) is 0 Å². The van der Waals surface area contributed by atoms with Gasteiger partial charge in [-0.25, -0.2) is 8.78 Å². The molecule has 9 heteroatoms. The fourth-order valence-electron chi connectivity index (χ4n) is 8.52. The highest BCUT2D eigenvalue weighted by molar-refractivity contribution is 6.11. The monoisotopic (exact) mass is 591 g/mol. The molecule has 1 spiro atoms. The molecule has 0 atom stereocenters. The summed E-state index contributed by atoms with van der Waals surface area (Å²) >= 11 is 0. The Morgan fingerprint density at radius 3 is 2.47 bits per heavy atom. The summed E-state index contributed by atoms with van der Waals surface area (Å²) in [5, 5.41) is 11.2. The fraction of sp³-hybridized carbons (Fsp3) is 0.647. The molecule has 7 nitrogen and oxygen atoms in total. The molecule has 1 saturated heterocycles. The third kappa shape index (κ3) is 5.75. The van der Waals surface area contributed by atoms with Crippen LogP contribution < -0.4 is 21.3 Å². The van der Waals surface area contributed by atoms with E-state index in [1.807, 2.05) is 19.3 Å². The maximum absolute atomic E-state index is 14.5. The highest BCUT2D eigenvalue weighted by Crippen LogP contribution is 2.47. The van der Waals surface area contributed by atoms with Crippen LogP contribution in [0, 0.1) is 17.3 Å². The maximum atomic E-state index is 14.5. The first-order valence-corrected chi connectivity index (χ1v) is 16.6. The van der Waals surface area contributed by atoms with E-state index in [2.05, 4.69) is 20.6 Å². The zero-order valence-corrected chi connectivity index (χ0v) is 25.6. The summed E-state index contributed by atoms with van der Waals surface area (Å²) in [6, 6.07) is 3.93. The number of aliphatic imine (C=N–C) groups is 1. The molecule has 3 aliphatic heterocycles. The van der Waals surface area contributed by atoms with Crippen molar-refractivity contribution in [1.29, 1.82) is 0 Å². The second-order valence-corrected chi connectivity index (χ2v) is 13.9. The Morgan fingerprint density at radius 1 is 1.05 bits per heavy atom. The van der Waals surface area contributed by atoms with Gasteiger partial charge in [-0.15, -0.1) is 0 Å². The zero-order chi connectivity index (χ0) is 29.6. The molecule has 0 bridgehead atoms. The van der Waals surface area contributed by atoms with E-state index in [1.165, 1.54) is 51.6 Å². The van der Waals surface area contributed by atoms with Crippen LogP contribution in [-0.4, -0.2) is 54.4 Å². The third-order valence-corrected chi connectivity index (χ3v) is 11.2. The van der Waals surface area contributed by atoms with Crippen LogP contribution in [0.3, 0.4) is 0 Å². The third-order valence-electron chi connectivity index (χ3n) is 11.2. The number of alkyl halides is 2. The quantitative estimate of drug-likeness (QED) is 0.306. The molecule has 232 valence electrons. The molecule has 4 N–H and O–H groups in total.